The molecule has 0 spiro atoms. The van der Waals surface area contributed by atoms with Gasteiger partial charge in [-0.1, -0.05) is 29.8 Å². The molecule has 25 heavy (non-hydrogen) atoms. The number of hydrogen-bond acceptors (Lipinski definition) is 6. The number of benzene rings is 1. The molecule has 3 rings (SSSR count). The van der Waals surface area contributed by atoms with Crippen LogP contribution in [0.4, 0.5) is 10.1 Å². The van der Waals surface area contributed by atoms with Crippen molar-refractivity contribution in [2.45, 2.75) is 4.90 Å². The van der Waals surface area contributed by atoms with Gasteiger partial charge in [-0.15, -0.1) is 0 Å². The molecule has 0 unspecified atom stereocenters. The van der Waals surface area contributed by atoms with E-state index in [-0.39, 0.29) is 28.8 Å². The van der Waals surface area contributed by atoms with E-state index in [1.807, 2.05) is 0 Å². The topological polar surface area (TPSA) is 68.7 Å². The van der Waals surface area contributed by atoms with Crippen molar-refractivity contribution in [2.75, 3.05) is 37.5 Å². The van der Waals surface area contributed by atoms with Crippen molar-refractivity contribution in [1.82, 2.24) is 4.98 Å². The summed E-state index contributed by atoms with van der Waals surface area (Å²) in [5.74, 6) is -0.975. The molecule has 0 atom stereocenters. The van der Waals surface area contributed by atoms with Gasteiger partial charge in [0.25, 0.3) is 0 Å². The molecule has 9 heteroatoms. The summed E-state index contributed by atoms with van der Waals surface area (Å²) in [4.78, 5) is 5.19. The number of hydrogen-bond donors (Lipinski definition) is 0. The van der Waals surface area contributed by atoms with Crippen LogP contribution < -0.4 is 9.64 Å². The Morgan fingerprint density at radius 3 is 2.72 bits per heavy atom. The maximum atomic E-state index is 14.2. The van der Waals surface area contributed by atoms with Crippen LogP contribution in [0.15, 0.2) is 35.2 Å². The third-order valence-electron chi connectivity index (χ3n) is 3.78. The molecule has 6 nitrogen and oxygen atoms in total. The second kappa shape index (κ2) is 7.15. The van der Waals surface area contributed by atoms with Gasteiger partial charge in [0.2, 0.25) is 11.8 Å². The standard InChI is InChI=1S/C16H16ClFN2O4S/c1-23-9-7-20-8-10-25(21,22)14-12(17)15(18)19-16(13(14)20)24-11-5-3-2-4-6-11/h2-6H,7-10H2,1H3. The van der Waals surface area contributed by atoms with Gasteiger partial charge < -0.3 is 14.4 Å². The summed E-state index contributed by atoms with van der Waals surface area (Å²) in [6.07, 6.45) is 0. The lowest BCUT2D eigenvalue weighted by Crippen LogP contribution is -2.38. The molecule has 1 aliphatic rings. The number of para-hydroxylation sites is 1. The Morgan fingerprint density at radius 2 is 2.04 bits per heavy atom. The Hall–Kier alpha value is -1.90. The first-order chi connectivity index (χ1) is 11.9. The summed E-state index contributed by atoms with van der Waals surface area (Å²) in [6.45, 7) is 0.973. The number of sulfone groups is 1. The normalized spacial score (nSPS) is 15.7. The van der Waals surface area contributed by atoms with Crippen molar-refractivity contribution in [2.24, 2.45) is 0 Å². The highest BCUT2D eigenvalue weighted by molar-refractivity contribution is 7.91. The molecule has 0 bridgehead atoms. The number of pyridine rings is 1. The number of rotatable bonds is 5. The van der Waals surface area contributed by atoms with E-state index >= 15 is 0 Å². The molecule has 134 valence electrons. The first kappa shape index (κ1) is 17.9. The molecule has 0 saturated carbocycles. The van der Waals surface area contributed by atoms with Gasteiger partial charge in [-0.2, -0.15) is 9.37 Å². The summed E-state index contributed by atoms with van der Waals surface area (Å²) in [7, 11) is -2.20. The molecule has 2 aromatic rings. The zero-order valence-corrected chi connectivity index (χ0v) is 15.0. The third-order valence-corrected chi connectivity index (χ3v) is 5.97. The fourth-order valence-electron chi connectivity index (χ4n) is 2.59. The number of anilines is 1. The molecule has 0 saturated heterocycles. The Kier molecular flexibility index (Phi) is 5.12. The van der Waals surface area contributed by atoms with Gasteiger partial charge in [-0.3, -0.25) is 0 Å². The number of ether oxygens (including phenoxy) is 2. The average Bonchev–Trinajstić information content (AvgIpc) is 2.58. The Labute approximate surface area is 150 Å². The largest absolute Gasteiger partial charge is 0.437 e. The molecular weight excluding hydrogens is 371 g/mol. The van der Waals surface area contributed by atoms with Gasteiger partial charge in [0.15, 0.2) is 9.84 Å². The van der Waals surface area contributed by atoms with Crippen LogP contribution in [0.1, 0.15) is 0 Å². The van der Waals surface area contributed by atoms with E-state index < -0.39 is 20.8 Å². The monoisotopic (exact) mass is 386 g/mol. The summed E-state index contributed by atoms with van der Waals surface area (Å²) >= 11 is 5.94. The van der Waals surface area contributed by atoms with E-state index in [9.17, 15) is 12.8 Å². The van der Waals surface area contributed by atoms with E-state index in [2.05, 4.69) is 4.98 Å². The predicted molar refractivity (Wildman–Crippen MR) is 91.9 cm³/mol. The quantitative estimate of drug-likeness (QED) is 0.736. The Bertz CT molecular complexity index is 877. The first-order valence-electron chi connectivity index (χ1n) is 7.52. The van der Waals surface area contributed by atoms with E-state index in [1.54, 1.807) is 42.3 Å². The van der Waals surface area contributed by atoms with Crippen LogP contribution in [0, 0.1) is 5.95 Å². The van der Waals surface area contributed by atoms with Crippen molar-refractivity contribution in [1.29, 1.82) is 0 Å². The number of nitrogens with zero attached hydrogens (tertiary/aromatic N) is 2. The lowest BCUT2D eigenvalue weighted by atomic mass is 10.3. The Morgan fingerprint density at radius 1 is 1.32 bits per heavy atom. The van der Waals surface area contributed by atoms with Crippen LogP contribution in [0.3, 0.4) is 0 Å². The lowest BCUT2D eigenvalue weighted by molar-refractivity contribution is 0.205. The predicted octanol–water partition coefficient (Wildman–Crippen LogP) is 2.91. The molecule has 0 N–H and O–H groups in total. The van der Waals surface area contributed by atoms with Gasteiger partial charge in [-0.05, 0) is 12.1 Å². The van der Waals surface area contributed by atoms with Gasteiger partial charge in [-0.25, -0.2) is 8.42 Å². The van der Waals surface area contributed by atoms with Crippen LogP contribution in [0.2, 0.25) is 5.02 Å². The molecular formula is C16H16ClFN2O4S. The van der Waals surface area contributed by atoms with Crippen LogP contribution in [-0.4, -0.2) is 46.0 Å². The van der Waals surface area contributed by atoms with Crippen molar-refractivity contribution >= 4 is 27.1 Å². The summed E-state index contributed by atoms with van der Waals surface area (Å²) in [6, 6.07) is 8.61. The number of fused-ring (bicyclic) bond motifs is 1. The van der Waals surface area contributed by atoms with Gasteiger partial charge in [0, 0.05) is 20.2 Å². The highest BCUT2D eigenvalue weighted by atomic mass is 35.5. The maximum Gasteiger partial charge on any atom is 0.247 e. The molecule has 2 heterocycles. The fraction of sp³-hybridized carbons (Fsp3) is 0.312. The highest BCUT2D eigenvalue weighted by Crippen LogP contribution is 2.43. The SMILES string of the molecule is COCCN1CCS(=O)(=O)c2c(Cl)c(F)nc(Oc3ccccc3)c21. The number of aromatic nitrogens is 1. The zero-order valence-electron chi connectivity index (χ0n) is 13.4. The molecule has 1 aromatic heterocycles. The van der Waals surface area contributed by atoms with Crippen molar-refractivity contribution in [3.05, 3.63) is 41.3 Å². The van der Waals surface area contributed by atoms with E-state index in [0.29, 0.717) is 18.9 Å². The molecule has 0 amide bonds. The van der Waals surface area contributed by atoms with E-state index in [4.69, 9.17) is 21.1 Å². The van der Waals surface area contributed by atoms with Crippen molar-refractivity contribution in [3.63, 3.8) is 0 Å². The van der Waals surface area contributed by atoms with Crippen LogP contribution in [0.5, 0.6) is 11.6 Å². The minimum absolute atomic E-state index is 0.137. The molecule has 1 aliphatic heterocycles. The average molecular weight is 387 g/mol. The van der Waals surface area contributed by atoms with Gasteiger partial charge in [0.1, 0.15) is 21.4 Å². The molecule has 0 fully saturated rings. The molecule has 0 aliphatic carbocycles. The minimum atomic E-state index is -3.74. The number of methoxy groups -OCH3 is 1. The smallest absolute Gasteiger partial charge is 0.247 e. The Balaban J connectivity index is 2.17. The first-order valence-corrected chi connectivity index (χ1v) is 9.55. The molecule has 1 aromatic carbocycles. The third kappa shape index (κ3) is 3.56. The van der Waals surface area contributed by atoms with Crippen LogP contribution in [-0.2, 0) is 14.6 Å². The zero-order chi connectivity index (χ0) is 18.0. The minimum Gasteiger partial charge on any atom is -0.437 e. The fourth-order valence-corrected chi connectivity index (χ4v) is 4.61. The van der Waals surface area contributed by atoms with Gasteiger partial charge >= 0.3 is 0 Å². The highest BCUT2D eigenvalue weighted by Gasteiger charge is 2.36. The van der Waals surface area contributed by atoms with Crippen molar-refractivity contribution < 1.29 is 22.3 Å². The second-order valence-corrected chi connectivity index (χ2v) is 7.84. The summed E-state index contributed by atoms with van der Waals surface area (Å²) < 4.78 is 49.8. The summed E-state index contributed by atoms with van der Waals surface area (Å²) in [5, 5.41) is -0.516. The van der Waals surface area contributed by atoms with E-state index in [0.717, 1.165) is 0 Å². The molecule has 0 radical (unpaired) electrons. The van der Waals surface area contributed by atoms with E-state index in [1.165, 1.54) is 0 Å². The number of halogens is 2. The van der Waals surface area contributed by atoms with Crippen molar-refractivity contribution in [3.8, 4) is 11.6 Å². The van der Waals surface area contributed by atoms with Crippen LogP contribution in [0.25, 0.3) is 0 Å². The lowest BCUT2D eigenvalue weighted by Gasteiger charge is -2.32. The maximum absolute atomic E-state index is 14.2. The second-order valence-electron chi connectivity index (χ2n) is 5.41. The van der Waals surface area contributed by atoms with Crippen LogP contribution >= 0.6 is 11.6 Å². The summed E-state index contributed by atoms with van der Waals surface area (Å²) in [5.41, 5.74) is 0.165. The van der Waals surface area contributed by atoms with Gasteiger partial charge in [0.05, 0.1) is 12.4 Å².